The summed E-state index contributed by atoms with van der Waals surface area (Å²) in [5.74, 6) is -0.0205. The first-order chi connectivity index (χ1) is 8.70. The SMILES string of the molecule is CNC1COCC1C(=O)NCc1ccc(C)cc1. The molecule has 2 unspecified atom stereocenters. The minimum absolute atomic E-state index is 0.0624. The zero-order valence-corrected chi connectivity index (χ0v) is 10.9. The second kappa shape index (κ2) is 5.98. The van der Waals surface area contributed by atoms with E-state index in [4.69, 9.17) is 4.74 Å². The number of carbonyl (C=O) groups excluding carboxylic acids is 1. The highest BCUT2D eigenvalue weighted by molar-refractivity contribution is 5.79. The van der Waals surface area contributed by atoms with Crippen LogP contribution < -0.4 is 10.6 Å². The zero-order chi connectivity index (χ0) is 13.0. The third-order valence-corrected chi connectivity index (χ3v) is 3.38. The van der Waals surface area contributed by atoms with E-state index in [-0.39, 0.29) is 17.9 Å². The molecule has 1 heterocycles. The van der Waals surface area contributed by atoms with E-state index in [2.05, 4.69) is 29.7 Å². The smallest absolute Gasteiger partial charge is 0.227 e. The highest BCUT2D eigenvalue weighted by atomic mass is 16.5. The van der Waals surface area contributed by atoms with Crippen LogP contribution in [0.1, 0.15) is 11.1 Å². The summed E-state index contributed by atoms with van der Waals surface area (Å²) in [4.78, 5) is 12.0. The predicted molar refractivity (Wildman–Crippen MR) is 70.2 cm³/mol. The van der Waals surface area contributed by atoms with Gasteiger partial charge in [-0.2, -0.15) is 0 Å². The minimum atomic E-state index is -0.0829. The molecule has 0 bridgehead atoms. The monoisotopic (exact) mass is 248 g/mol. The third kappa shape index (κ3) is 3.09. The van der Waals surface area contributed by atoms with Crippen LogP contribution in [0, 0.1) is 12.8 Å². The van der Waals surface area contributed by atoms with Gasteiger partial charge in [0.05, 0.1) is 19.1 Å². The van der Waals surface area contributed by atoms with Crippen molar-refractivity contribution in [2.45, 2.75) is 19.5 Å². The van der Waals surface area contributed by atoms with E-state index in [0.717, 1.165) is 5.56 Å². The van der Waals surface area contributed by atoms with E-state index >= 15 is 0 Å². The van der Waals surface area contributed by atoms with Gasteiger partial charge in [0, 0.05) is 12.6 Å². The number of rotatable bonds is 4. The van der Waals surface area contributed by atoms with E-state index in [1.807, 2.05) is 19.2 Å². The molecule has 1 aromatic rings. The van der Waals surface area contributed by atoms with Gasteiger partial charge in [0.25, 0.3) is 0 Å². The Hall–Kier alpha value is -1.39. The van der Waals surface area contributed by atoms with Gasteiger partial charge in [-0.05, 0) is 19.5 Å². The Balaban J connectivity index is 1.86. The summed E-state index contributed by atoms with van der Waals surface area (Å²) in [5.41, 5.74) is 2.35. The Morgan fingerprint density at radius 1 is 1.33 bits per heavy atom. The summed E-state index contributed by atoms with van der Waals surface area (Å²) >= 11 is 0. The number of carbonyl (C=O) groups is 1. The molecule has 18 heavy (non-hydrogen) atoms. The van der Waals surface area contributed by atoms with Gasteiger partial charge >= 0.3 is 0 Å². The van der Waals surface area contributed by atoms with Gasteiger partial charge in [-0.3, -0.25) is 4.79 Å². The van der Waals surface area contributed by atoms with Crippen molar-refractivity contribution in [3.63, 3.8) is 0 Å². The van der Waals surface area contributed by atoms with Gasteiger partial charge in [0.2, 0.25) is 5.91 Å². The number of likely N-dealkylation sites (N-methyl/N-ethyl adjacent to an activating group) is 1. The molecule has 1 aromatic carbocycles. The van der Waals surface area contributed by atoms with Gasteiger partial charge in [-0.15, -0.1) is 0 Å². The Labute approximate surface area is 108 Å². The molecule has 1 fully saturated rings. The largest absolute Gasteiger partial charge is 0.379 e. The Morgan fingerprint density at radius 3 is 2.72 bits per heavy atom. The maximum Gasteiger partial charge on any atom is 0.227 e. The van der Waals surface area contributed by atoms with Crippen LogP contribution in [0.2, 0.25) is 0 Å². The van der Waals surface area contributed by atoms with Crippen molar-refractivity contribution >= 4 is 5.91 Å². The molecule has 2 N–H and O–H groups in total. The summed E-state index contributed by atoms with van der Waals surface area (Å²) in [5, 5.41) is 6.08. The molecule has 0 aliphatic carbocycles. The fraction of sp³-hybridized carbons (Fsp3) is 0.500. The summed E-state index contributed by atoms with van der Waals surface area (Å²) in [6.07, 6.45) is 0. The van der Waals surface area contributed by atoms with E-state index < -0.39 is 0 Å². The van der Waals surface area contributed by atoms with Crippen LogP contribution in [-0.2, 0) is 16.1 Å². The fourth-order valence-corrected chi connectivity index (χ4v) is 2.12. The normalized spacial score (nSPS) is 23.0. The fourth-order valence-electron chi connectivity index (χ4n) is 2.12. The predicted octanol–water partition coefficient (Wildman–Crippen LogP) is 0.846. The zero-order valence-electron chi connectivity index (χ0n) is 10.9. The van der Waals surface area contributed by atoms with E-state index in [0.29, 0.717) is 19.8 Å². The lowest BCUT2D eigenvalue weighted by Crippen LogP contribution is -2.42. The van der Waals surface area contributed by atoms with Crippen molar-refractivity contribution < 1.29 is 9.53 Å². The van der Waals surface area contributed by atoms with E-state index in [1.165, 1.54) is 5.56 Å². The lowest BCUT2D eigenvalue weighted by molar-refractivity contribution is -0.125. The molecule has 4 heteroatoms. The van der Waals surface area contributed by atoms with Crippen molar-refractivity contribution in [1.29, 1.82) is 0 Å². The Morgan fingerprint density at radius 2 is 2.06 bits per heavy atom. The summed E-state index contributed by atoms with van der Waals surface area (Å²) < 4.78 is 5.33. The van der Waals surface area contributed by atoms with Crippen LogP contribution in [-0.4, -0.2) is 32.2 Å². The van der Waals surface area contributed by atoms with Crippen molar-refractivity contribution in [2.75, 3.05) is 20.3 Å². The first-order valence-electron chi connectivity index (χ1n) is 6.29. The standard InChI is InChI=1S/C14H20N2O2/c1-10-3-5-11(6-4-10)7-16-14(17)12-8-18-9-13(12)15-2/h3-6,12-13,15H,7-9H2,1-2H3,(H,16,17). The minimum Gasteiger partial charge on any atom is -0.379 e. The number of ether oxygens (including phenoxy) is 1. The summed E-state index contributed by atoms with van der Waals surface area (Å²) in [6.45, 7) is 3.74. The average Bonchev–Trinajstić information content (AvgIpc) is 2.86. The quantitative estimate of drug-likeness (QED) is 0.830. The number of nitrogens with one attached hydrogen (secondary N) is 2. The Bertz CT molecular complexity index is 403. The number of hydrogen-bond donors (Lipinski definition) is 2. The third-order valence-electron chi connectivity index (χ3n) is 3.38. The van der Waals surface area contributed by atoms with Crippen LogP contribution in [0.15, 0.2) is 24.3 Å². The molecule has 0 radical (unpaired) electrons. The number of amides is 1. The number of aryl methyl sites for hydroxylation is 1. The lowest BCUT2D eigenvalue weighted by Gasteiger charge is -2.16. The maximum atomic E-state index is 12.0. The molecule has 1 aliphatic rings. The molecule has 0 aromatic heterocycles. The first-order valence-corrected chi connectivity index (χ1v) is 6.29. The topological polar surface area (TPSA) is 50.4 Å². The summed E-state index contributed by atoms with van der Waals surface area (Å²) in [7, 11) is 1.86. The van der Waals surface area contributed by atoms with Crippen molar-refractivity contribution in [1.82, 2.24) is 10.6 Å². The van der Waals surface area contributed by atoms with Crippen LogP contribution in [0.5, 0.6) is 0 Å². The molecule has 0 saturated carbocycles. The van der Waals surface area contributed by atoms with Gasteiger partial charge in [0.15, 0.2) is 0 Å². The molecule has 1 saturated heterocycles. The van der Waals surface area contributed by atoms with E-state index in [9.17, 15) is 4.79 Å². The van der Waals surface area contributed by atoms with Crippen LogP contribution in [0.4, 0.5) is 0 Å². The van der Waals surface area contributed by atoms with Crippen LogP contribution in [0.25, 0.3) is 0 Å². The second-order valence-electron chi connectivity index (χ2n) is 4.74. The molecule has 98 valence electrons. The van der Waals surface area contributed by atoms with Crippen molar-refractivity contribution in [3.05, 3.63) is 35.4 Å². The van der Waals surface area contributed by atoms with Crippen LogP contribution in [0.3, 0.4) is 0 Å². The van der Waals surface area contributed by atoms with Gasteiger partial charge < -0.3 is 15.4 Å². The number of benzene rings is 1. The van der Waals surface area contributed by atoms with Gasteiger partial charge in [-0.25, -0.2) is 0 Å². The van der Waals surface area contributed by atoms with Crippen molar-refractivity contribution in [3.8, 4) is 0 Å². The molecule has 1 amide bonds. The summed E-state index contributed by atoms with van der Waals surface area (Å²) in [6, 6.07) is 8.31. The molecule has 2 rings (SSSR count). The maximum absolute atomic E-state index is 12.0. The molecule has 4 nitrogen and oxygen atoms in total. The van der Waals surface area contributed by atoms with E-state index in [1.54, 1.807) is 0 Å². The second-order valence-corrected chi connectivity index (χ2v) is 4.74. The van der Waals surface area contributed by atoms with Gasteiger partial charge in [0.1, 0.15) is 0 Å². The lowest BCUT2D eigenvalue weighted by atomic mass is 10.0. The molecular weight excluding hydrogens is 228 g/mol. The van der Waals surface area contributed by atoms with Crippen LogP contribution >= 0.6 is 0 Å². The number of hydrogen-bond acceptors (Lipinski definition) is 3. The molecule has 1 aliphatic heterocycles. The van der Waals surface area contributed by atoms with Gasteiger partial charge in [-0.1, -0.05) is 29.8 Å². The first kappa shape index (κ1) is 13.1. The Kier molecular flexibility index (Phi) is 4.33. The molecule has 2 atom stereocenters. The molecule has 0 spiro atoms. The highest BCUT2D eigenvalue weighted by Gasteiger charge is 2.32. The van der Waals surface area contributed by atoms with Crippen molar-refractivity contribution in [2.24, 2.45) is 5.92 Å². The highest BCUT2D eigenvalue weighted by Crippen LogP contribution is 2.13. The molecular formula is C14H20N2O2. The average molecular weight is 248 g/mol.